The van der Waals surface area contributed by atoms with Crippen molar-refractivity contribution in [3.05, 3.63) is 29.8 Å². The van der Waals surface area contributed by atoms with Crippen molar-refractivity contribution in [1.82, 2.24) is 10.2 Å². The quantitative estimate of drug-likeness (QED) is 0.444. The number of methoxy groups -OCH3 is 1. The molecule has 0 heterocycles. The topological polar surface area (TPSA) is 105 Å². The van der Waals surface area contributed by atoms with Gasteiger partial charge in [-0.3, -0.25) is 9.59 Å². The molecule has 1 aromatic rings. The summed E-state index contributed by atoms with van der Waals surface area (Å²) >= 11 is 0. The maximum absolute atomic E-state index is 12.9. The Balaban J connectivity index is 2.16. The maximum atomic E-state index is 12.9. The number of benzene rings is 1. The van der Waals surface area contributed by atoms with Crippen molar-refractivity contribution >= 4 is 17.8 Å². The molecular formula is C26H40N2O6. The average Bonchev–Trinajstić information content (AvgIpc) is 2.79. The number of amides is 1. The molecule has 0 bridgehead atoms. The number of carboxylic acid groups (broad SMARTS) is 1. The van der Waals surface area contributed by atoms with Crippen LogP contribution in [0.15, 0.2) is 24.3 Å². The van der Waals surface area contributed by atoms with E-state index in [9.17, 15) is 19.5 Å². The molecule has 2 atom stereocenters. The van der Waals surface area contributed by atoms with Crippen LogP contribution >= 0.6 is 0 Å². The van der Waals surface area contributed by atoms with E-state index in [2.05, 4.69) is 10.2 Å². The van der Waals surface area contributed by atoms with E-state index >= 15 is 0 Å². The SMILES string of the molecule is COc1ccc(C(CN(C)C)C2(OC(=O)CCC(=O)N[C@H](C(=O)O)C(C)C)CCCCC2)cc1. The molecule has 1 aliphatic rings. The number of likely N-dealkylation sites (N-methyl/N-ethyl adjacent to an activating group) is 1. The lowest BCUT2D eigenvalue weighted by molar-refractivity contribution is -0.168. The van der Waals surface area contributed by atoms with E-state index in [0.717, 1.165) is 50.0 Å². The zero-order chi connectivity index (χ0) is 25.3. The Morgan fingerprint density at radius 1 is 1.06 bits per heavy atom. The van der Waals surface area contributed by atoms with E-state index in [1.807, 2.05) is 38.4 Å². The Labute approximate surface area is 203 Å². The maximum Gasteiger partial charge on any atom is 0.326 e. The van der Waals surface area contributed by atoms with Crippen LogP contribution in [0.5, 0.6) is 5.75 Å². The Morgan fingerprint density at radius 3 is 2.18 bits per heavy atom. The lowest BCUT2D eigenvalue weighted by Crippen LogP contribution is -2.47. The minimum atomic E-state index is -1.09. The Hall–Kier alpha value is -2.61. The second-order valence-electron chi connectivity index (χ2n) is 9.81. The normalized spacial score (nSPS) is 17.1. The van der Waals surface area contributed by atoms with Crippen molar-refractivity contribution in [3.63, 3.8) is 0 Å². The van der Waals surface area contributed by atoms with Crippen molar-refractivity contribution in [3.8, 4) is 5.75 Å². The molecule has 8 nitrogen and oxygen atoms in total. The van der Waals surface area contributed by atoms with Gasteiger partial charge in [-0.25, -0.2) is 4.79 Å². The molecule has 0 spiro atoms. The van der Waals surface area contributed by atoms with Crippen molar-refractivity contribution in [2.45, 2.75) is 76.4 Å². The smallest absolute Gasteiger partial charge is 0.326 e. The molecule has 34 heavy (non-hydrogen) atoms. The number of carbonyl (C=O) groups excluding carboxylic acids is 2. The van der Waals surface area contributed by atoms with Gasteiger partial charge in [-0.1, -0.05) is 32.4 Å². The van der Waals surface area contributed by atoms with Gasteiger partial charge >= 0.3 is 11.9 Å². The lowest BCUT2D eigenvalue weighted by atomic mass is 9.72. The molecule has 0 saturated heterocycles. The summed E-state index contributed by atoms with van der Waals surface area (Å²) in [6, 6.07) is 6.93. The van der Waals surface area contributed by atoms with Crippen LogP contribution in [0.2, 0.25) is 0 Å². The highest BCUT2D eigenvalue weighted by Gasteiger charge is 2.44. The van der Waals surface area contributed by atoms with Crippen molar-refractivity contribution in [2.75, 3.05) is 27.7 Å². The van der Waals surface area contributed by atoms with Gasteiger partial charge in [0.25, 0.3) is 0 Å². The van der Waals surface area contributed by atoms with Crippen LogP contribution in [0.4, 0.5) is 0 Å². The van der Waals surface area contributed by atoms with E-state index in [4.69, 9.17) is 9.47 Å². The summed E-state index contributed by atoms with van der Waals surface area (Å²) in [5, 5.41) is 11.8. The third kappa shape index (κ3) is 7.72. The Kier molecular flexibility index (Phi) is 10.4. The molecule has 0 radical (unpaired) electrons. The first-order chi connectivity index (χ1) is 16.1. The third-order valence-electron chi connectivity index (χ3n) is 6.52. The second kappa shape index (κ2) is 12.7. The summed E-state index contributed by atoms with van der Waals surface area (Å²) in [5.74, 6) is -1.48. The number of carboxylic acids is 1. The number of nitrogens with one attached hydrogen (secondary N) is 1. The molecule has 2 N–H and O–H groups in total. The number of hydrogen-bond acceptors (Lipinski definition) is 6. The van der Waals surface area contributed by atoms with E-state index in [-0.39, 0.29) is 24.7 Å². The average molecular weight is 477 g/mol. The van der Waals surface area contributed by atoms with Crippen LogP contribution in [0.25, 0.3) is 0 Å². The monoisotopic (exact) mass is 476 g/mol. The highest BCUT2D eigenvalue weighted by molar-refractivity contribution is 5.86. The molecule has 190 valence electrons. The standard InChI is InChI=1S/C26H40N2O6/c1-18(2)24(25(31)32)27-22(29)13-14-23(30)34-26(15-7-6-8-16-26)21(17-28(3)4)19-9-11-20(33-5)12-10-19/h9-12,18,21,24H,6-8,13-17H2,1-5H3,(H,27,29)(H,31,32)/t21?,24-/m0/s1. The number of aliphatic carboxylic acids is 1. The van der Waals surface area contributed by atoms with Gasteiger partial charge in [0.15, 0.2) is 0 Å². The summed E-state index contributed by atoms with van der Waals surface area (Å²) in [6.45, 7) is 4.17. The second-order valence-corrected chi connectivity index (χ2v) is 9.81. The molecule has 1 aromatic carbocycles. The number of esters is 1. The van der Waals surface area contributed by atoms with Crippen molar-refractivity contribution in [1.29, 1.82) is 0 Å². The largest absolute Gasteiger partial charge is 0.497 e. The van der Waals surface area contributed by atoms with Crippen molar-refractivity contribution in [2.24, 2.45) is 5.92 Å². The molecule has 2 rings (SSSR count). The number of ether oxygens (including phenoxy) is 2. The third-order valence-corrected chi connectivity index (χ3v) is 6.52. The minimum Gasteiger partial charge on any atom is -0.497 e. The van der Waals surface area contributed by atoms with Crippen LogP contribution in [0, 0.1) is 5.92 Å². The highest BCUT2D eigenvalue weighted by atomic mass is 16.6. The van der Waals surface area contributed by atoms with E-state index < -0.39 is 29.5 Å². The van der Waals surface area contributed by atoms with Gasteiger partial charge in [0.1, 0.15) is 17.4 Å². The zero-order valence-corrected chi connectivity index (χ0v) is 21.1. The summed E-state index contributed by atoms with van der Waals surface area (Å²) in [4.78, 5) is 38.7. The highest BCUT2D eigenvalue weighted by Crippen LogP contribution is 2.44. The summed E-state index contributed by atoms with van der Waals surface area (Å²) in [5.41, 5.74) is 0.440. The summed E-state index contributed by atoms with van der Waals surface area (Å²) < 4.78 is 11.5. The molecule has 1 aliphatic carbocycles. The van der Waals surface area contributed by atoms with Crippen molar-refractivity contribution < 1.29 is 29.0 Å². The van der Waals surface area contributed by atoms with Gasteiger partial charge in [0, 0.05) is 18.9 Å². The van der Waals surface area contributed by atoms with Gasteiger partial charge in [0.05, 0.1) is 13.5 Å². The molecule has 0 aromatic heterocycles. The van der Waals surface area contributed by atoms with Crippen LogP contribution in [0.3, 0.4) is 0 Å². The first-order valence-electron chi connectivity index (χ1n) is 12.1. The van der Waals surface area contributed by atoms with Crippen LogP contribution in [-0.2, 0) is 19.1 Å². The van der Waals surface area contributed by atoms with Gasteiger partial charge in [-0.05, 0) is 63.4 Å². The fourth-order valence-electron chi connectivity index (χ4n) is 4.70. The fourth-order valence-corrected chi connectivity index (χ4v) is 4.70. The molecule has 0 aliphatic heterocycles. The molecule has 1 amide bonds. The predicted octanol–water partition coefficient (Wildman–Crippen LogP) is 3.59. The number of hydrogen-bond donors (Lipinski definition) is 2. The number of rotatable bonds is 12. The van der Waals surface area contributed by atoms with Gasteiger partial charge in [-0.2, -0.15) is 0 Å². The molecule has 8 heteroatoms. The zero-order valence-electron chi connectivity index (χ0n) is 21.1. The molecule has 1 fully saturated rings. The Morgan fingerprint density at radius 2 is 1.68 bits per heavy atom. The Bertz CT molecular complexity index is 815. The molecule has 1 unspecified atom stereocenters. The number of nitrogens with zero attached hydrogens (tertiary/aromatic N) is 1. The minimum absolute atomic E-state index is 0.0242. The van der Waals surface area contributed by atoms with Crippen LogP contribution < -0.4 is 10.1 Å². The lowest BCUT2D eigenvalue weighted by Gasteiger charge is -2.44. The van der Waals surface area contributed by atoms with Gasteiger partial charge in [0.2, 0.25) is 5.91 Å². The molecular weight excluding hydrogens is 436 g/mol. The van der Waals surface area contributed by atoms with E-state index in [0.29, 0.717) is 0 Å². The number of carbonyl (C=O) groups is 3. The summed E-state index contributed by atoms with van der Waals surface area (Å²) in [7, 11) is 5.65. The van der Waals surface area contributed by atoms with E-state index in [1.165, 1.54) is 0 Å². The van der Waals surface area contributed by atoms with Gasteiger partial charge in [-0.15, -0.1) is 0 Å². The first-order valence-corrected chi connectivity index (χ1v) is 12.1. The van der Waals surface area contributed by atoms with Crippen LogP contribution in [0.1, 0.15) is 70.3 Å². The first kappa shape index (κ1) is 27.6. The fraction of sp³-hybridized carbons (Fsp3) is 0.654. The predicted molar refractivity (Wildman–Crippen MR) is 130 cm³/mol. The molecule has 1 saturated carbocycles. The van der Waals surface area contributed by atoms with E-state index in [1.54, 1.807) is 21.0 Å². The van der Waals surface area contributed by atoms with Crippen LogP contribution in [-0.4, -0.2) is 67.2 Å². The van der Waals surface area contributed by atoms with Gasteiger partial charge < -0.3 is 24.8 Å². The summed E-state index contributed by atoms with van der Waals surface area (Å²) in [6.07, 6.45) is 4.39.